The Morgan fingerprint density at radius 3 is 2.70 bits per heavy atom. The second-order valence-electron chi connectivity index (χ2n) is 8.82. The summed E-state index contributed by atoms with van der Waals surface area (Å²) in [6.45, 7) is 4.04. The van der Waals surface area contributed by atoms with Gasteiger partial charge in [0.2, 0.25) is 5.88 Å². The minimum atomic E-state index is -1.12. The van der Waals surface area contributed by atoms with Crippen molar-refractivity contribution in [1.29, 1.82) is 0 Å². The second-order valence-corrected chi connectivity index (χ2v) is 8.82. The highest BCUT2D eigenvalue weighted by Crippen LogP contribution is 2.44. The number of nitrogens with one attached hydrogen (secondary N) is 2. The van der Waals surface area contributed by atoms with E-state index in [1.165, 1.54) is 12.4 Å². The number of nitrogens with zero attached hydrogens (tertiary/aromatic N) is 3. The molecule has 1 aromatic carbocycles. The number of aromatic nitrogens is 4. The van der Waals surface area contributed by atoms with Crippen LogP contribution in [-0.2, 0) is 0 Å². The van der Waals surface area contributed by atoms with Crippen LogP contribution in [0.25, 0.3) is 22.4 Å². The van der Waals surface area contributed by atoms with Gasteiger partial charge in [0.15, 0.2) is 6.17 Å². The number of hydrogen-bond acceptors (Lipinski definition) is 6. The first kappa shape index (κ1) is 19.0. The molecule has 4 atom stereocenters. The zero-order valence-electron chi connectivity index (χ0n) is 16.9. The van der Waals surface area contributed by atoms with Crippen LogP contribution in [0, 0.1) is 0 Å². The number of aromatic hydroxyl groups is 1. The molecule has 2 aliphatic heterocycles. The van der Waals surface area contributed by atoms with Gasteiger partial charge in [0.05, 0.1) is 29.8 Å². The molecule has 2 bridgehead atoms. The summed E-state index contributed by atoms with van der Waals surface area (Å²) in [5.74, 6) is 0.380. The number of phenolic OH excluding ortho intramolecular Hbond substituents is 1. The zero-order chi connectivity index (χ0) is 20.9. The monoisotopic (exact) mass is 409 g/mol. The Bertz CT molecular complexity index is 1060. The van der Waals surface area contributed by atoms with Crippen LogP contribution in [0.1, 0.15) is 33.1 Å². The summed E-state index contributed by atoms with van der Waals surface area (Å²) < 4.78 is 21.0. The van der Waals surface area contributed by atoms with E-state index in [9.17, 15) is 5.11 Å². The van der Waals surface area contributed by atoms with E-state index in [-0.39, 0.29) is 17.2 Å². The Kier molecular flexibility index (Phi) is 4.28. The van der Waals surface area contributed by atoms with E-state index in [1.807, 2.05) is 13.0 Å². The van der Waals surface area contributed by atoms with Gasteiger partial charge in [-0.25, -0.2) is 14.4 Å². The van der Waals surface area contributed by atoms with E-state index in [2.05, 4.69) is 32.4 Å². The van der Waals surface area contributed by atoms with Crippen molar-refractivity contribution in [3.05, 3.63) is 43.0 Å². The minimum absolute atomic E-state index is 0.0938. The Balaban J connectivity index is 1.34. The summed E-state index contributed by atoms with van der Waals surface area (Å²) >= 11 is 0. The molecule has 0 radical (unpaired) electrons. The lowest BCUT2D eigenvalue weighted by molar-refractivity contribution is -0.00927. The highest BCUT2D eigenvalue weighted by atomic mass is 19.1. The van der Waals surface area contributed by atoms with Crippen LogP contribution in [-0.4, -0.2) is 48.6 Å². The quantitative estimate of drug-likeness (QED) is 0.609. The molecule has 0 spiro atoms. The van der Waals surface area contributed by atoms with Gasteiger partial charge in [-0.3, -0.25) is 5.10 Å². The number of phenols is 1. The molecule has 3 aromatic rings. The smallest absolute Gasteiger partial charge is 0.232 e. The van der Waals surface area contributed by atoms with E-state index in [1.54, 1.807) is 24.5 Å². The van der Waals surface area contributed by atoms with E-state index in [0.29, 0.717) is 17.7 Å². The summed E-state index contributed by atoms with van der Waals surface area (Å²) in [6.07, 6.45) is 7.10. The molecule has 2 fully saturated rings. The van der Waals surface area contributed by atoms with Gasteiger partial charge in [-0.2, -0.15) is 5.10 Å². The third kappa shape index (κ3) is 3.21. The van der Waals surface area contributed by atoms with Crippen molar-refractivity contribution in [2.75, 3.05) is 0 Å². The van der Waals surface area contributed by atoms with Crippen molar-refractivity contribution in [2.45, 2.75) is 56.5 Å². The maximum absolute atomic E-state index is 15.1. The first-order valence-corrected chi connectivity index (χ1v) is 10.1. The molecule has 0 aliphatic carbocycles. The maximum atomic E-state index is 15.1. The van der Waals surface area contributed by atoms with Crippen LogP contribution in [0.4, 0.5) is 4.39 Å². The molecule has 0 unspecified atom stereocenters. The van der Waals surface area contributed by atoms with Crippen molar-refractivity contribution in [2.24, 2.45) is 0 Å². The van der Waals surface area contributed by atoms with Crippen molar-refractivity contribution >= 4 is 0 Å². The van der Waals surface area contributed by atoms with Gasteiger partial charge < -0.3 is 15.2 Å². The number of H-pyrrole nitrogens is 1. The van der Waals surface area contributed by atoms with Crippen LogP contribution in [0.3, 0.4) is 0 Å². The van der Waals surface area contributed by atoms with Gasteiger partial charge in [-0.15, -0.1) is 0 Å². The van der Waals surface area contributed by atoms with Crippen LogP contribution >= 0.6 is 0 Å². The molecule has 156 valence electrons. The molecular formula is C22H24FN5O2. The van der Waals surface area contributed by atoms with Crippen molar-refractivity contribution in [3.63, 3.8) is 0 Å². The zero-order valence-corrected chi connectivity index (χ0v) is 16.9. The van der Waals surface area contributed by atoms with Gasteiger partial charge >= 0.3 is 0 Å². The number of rotatable bonds is 4. The van der Waals surface area contributed by atoms with Crippen molar-refractivity contribution in [1.82, 2.24) is 25.5 Å². The van der Waals surface area contributed by atoms with Crippen LogP contribution < -0.4 is 10.1 Å². The largest absolute Gasteiger partial charge is 0.507 e. The number of ether oxygens (including phenoxy) is 1. The average Bonchev–Trinajstić information content (AvgIpc) is 3.34. The topological polar surface area (TPSA) is 96.0 Å². The second kappa shape index (κ2) is 6.77. The number of alkyl halides is 1. The average molecular weight is 409 g/mol. The van der Waals surface area contributed by atoms with Crippen LogP contribution in [0.2, 0.25) is 0 Å². The number of fused-ring (bicyclic) bond motifs is 2. The first-order valence-electron chi connectivity index (χ1n) is 10.1. The number of hydrogen-bond donors (Lipinski definition) is 3. The van der Waals surface area contributed by atoms with Gasteiger partial charge in [-0.1, -0.05) is 6.07 Å². The van der Waals surface area contributed by atoms with Crippen molar-refractivity contribution < 1.29 is 14.2 Å². The molecule has 2 saturated heterocycles. The minimum Gasteiger partial charge on any atom is -0.507 e. The number of halogens is 1. The summed E-state index contributed by atoms with van der Waals surface area (Å²) in [5, 5.41) is 20.6. The Morgan fingerprint density at radius 1 is 1.13 bits per heavy atom. The normalized spacial score (nSPS) is 30.4. The third-order valence-corrected chi connectivity index (χ3v) is 6.38. The Hall–Kier alpha value is -3.00. The number of benzene rings is 1. The van der Waals surface area contributed by atoms with E-state index >= 15 is 4.39 Å². The lowest BCUT2D eigenvalue weighted by Gasteiger charge is -2.43. The molecule has 4 heterocycles. The SMILES string of the molecule is C[C@]12CC[C@](C)(N1)[C@H](F)[C@H](Oc1cnc(-c3ccc(-c4cn[nH]c4)cc3O)cn1)C2. The summed E-state index contributed by atoms with van der Waals surface area (Å²) in [6, 6.07) is 5.32. The van der Waals surface area contributed by atoms with E-state index in [4.69, 9.17) is 4.74 Å². The molecule has 3 N–H and O–H groups in total. The highest BCUT2D eigenvalue weighted by molar-refractivity contribution is 5.73. The summed E-state index contributed by atoms with van der Waals surface area (Å²) in [7, 11) is 0. The third-order valence-electron chi connectivity index (χ3n) is 6.38. The summed E-state index contributed by atoms with van der Waals surface area (Å²) in [4.78, 5) is 8.69. The predicted octanol–water partition coefficient (Wildman–Crippen LogP) is 3.63. The van der Waals surface area contributed by atoms with E-state index in [0.717, 1.165) is 24.0 Å². The number of piperidine rings is 1. The van der Waals surface area contributed by atoms with Gasteiger partial charge in [0, 0.05) is 29.3 Å². The molecule has 2 aliphatic rings. The molecule has 8 heteroatoms. The standard InChI is InChI=1S/C22H24FN5O2/c1-21-5-6-22(2,28-21)20(23)18(8-21)30-19-12-24-16(11-25-19)15-4-3-13(7-17(15)29)14-9-26-27-10-14/h3-4,7,9-12,18,20,28-29H,5-6,8H2,1-2H3,(H,26,27)/t18-,20-,21-,22+/m1/s1. The Morgan fingerprint density at radius 2 is 2.00 bits per heavy atom. The number of aromatic amines is 1. The van der Waals surface area contributed by atoms with E-state index < -0.39 is 17.8 Å². The molecule has 2 aromatic heterocycles. The molecule has 5 rings (SSSR count). The van der Waals surface area contributed by atoms with Gasteiger partial charge in [-0.05, 0) is 44.4 Å². The lowest BCUT2D eigenvalue weighted by Crippen LogP contribution is -2.63. The molecular weight excluding hydrogens is 385 g/mol. The molecule has 7 nitrogen and oxygen atoms in total. The highest BCUT2D eigenvalue weighted by Gasteiger charge is 2.56. The van der Waals surface area contributed by atoms with Crippen LogP contribution in [0.15, 0.2) is 43.0 Å². The maximum Gasteiger partial charge on any atom is 0.232 e. The lowest BCUT2D eigenvalue weighted by atomic mass is 9.85. The molecule has 30 heavy (non-hydrogen) atoms. The van der Waals surface area contributed by atoms with Gasteiger partial charge in [0.25, 0.3) is 0 Å². The van der Waals surface area contributed by atoms with Crippen LogP contribution in [0.5, 0.6) is 11.6 Å². The fourth-order valence-electron chi connectivity index (χ4n) is 4.78. The predicted molar refractivity (Wildman–Crippen MR) is 110 cm³/mol. The fourth-order valence-corrected chi connectivity index (χ4v) is 4.78. The summed E-state index contributed by atoms with van der Waals surface area (Å²) in [5.41, 5.74) is 2.12. The van der Waals surface area contributed by atoms with Crippen molar-refractivity contribution in [3.8, 4) is 34.0 Å². The Labute approximate surface area is 173 Å². The first-order chi connectivity index (χ1) is 14.4. The fraction of sp³-hybridized carbons (Fsp3) is 0.409. The molecule has 0 saturated carbocycles. The van der Waals surface area contributed by atoms with Gasteiger partial charge in [0.1, 0.15) is 11.9 Å². The molecule has 0 amide bonds.